The molecule has 0 radical (unpaired) electrons. The normalized spacial score (nSPS) is 20.3. The summed E-state index contributed by atoms with van der Waals surface area (Å²) < 4.78 is 4.63. The van der Waals surface area contributed by atoms with E-state index < -0.39 is 0 Å². The highest BCUT2D eigenvalue weighted by Crippen LogP contribution is 2.40. The lowest BCUT2D eigenvalue weighted by Crippen LogP contribution is -2.13. The monoisotopic (exact) mass is 332 g/mol. The van der Waals surface area contributed by atoms with Gasteiger partial charge in [0, 0.05) is 18.8 Å². The summed E-state index contributed by atoms with van der Waals surface area (Å²) >= 11 is 0. The molecule has 1 N–H and O–H groups in total. The maximum atomic E-state index is 12.2. The first-order chi connectivity index (χ1) is 11.7. The van der Waals surface area contributed by atoms with Gasteiger partial charge in [-0.05, 0) is 36.3 Å². The van der Waals surface area contributed by atoms with Crippen LogP contribution in [0, 0.1) is 5.92 Å². The van der Waals surface area contributed by atoms with Gasteiger partial charge in [0.25, 0.3) is 0 Å². The highest BCUT2D eigenvalue weighted by atomic mass is 16.5. The molecule has 132 valence electrons. The number of methoxy groups -OCH3 is 1. The standard InChI is InChI=1S/C20H28O4/c1-24-20(23)7-5-3-2-4-6-18-17(12-13-19(18)22)16-10-8-15(14-21)9-11-16/h8-11,17-18,21H,2-7,12-14H2,1H3/t17-,18-/m1/s1. The highest BCUT2D eigenvalue weighted by molar-refractivity contribution is 5.84. The molecule has 0 spiro atoms. The molecule has 4 nitrogen and oxygen atoms in total. The molecule has 0 amide bonds. The fraction of sp³-hybridized carbons (Fsp3) is 0.600. The van der Waals surface area contributed by atoms with Crippen LogP contribution < -0.4 is 0 Å². The molecule has 1 saturated carbocycles. The van der Waals surface area contributed by atoms with Gasteiger partial charge in [-0.2, -0.15) is 0 Å². The molecule has 1 aromatic rings. The van der Waals surface area contributed by atoms with Crippen LogP contribution in [0.3, 0.4) is 0 Å². The predicted molar refractivity (Wildman–Crippen MR) is 92.6 cm³/mol. The van der Waals surface area contributed by atoms with Crippen molar-refractivity contribution in [2.45, 2.75) is 63.9 Å². The Morgan fingerprint density at radius 2 is 1.88 bits per heavy atom. The Kier molecular flexibility index (Phi) is 7.44. The van der Waals surface area contributed by atoms with Crippen LogP contribution in [-0.4, -0.2) is 24.0 Å². The van der Waals surface area contributed by atoms with Gasteiger partial charge in [0.1, 0.15) is 5.78 Å². The lowest BCUT2D eigenvalue weighted by Gasteiger charge is -2.19. The zero-order valence-electron chi connectivity index (χ0n) is 14.5. The minimum absolute atomic E-state index is 0.0544. The molecule has 0 unspecified atom stereocenters. The van der Waals surface area contributed by atoms with Gasteiger partial charge in [-0.1, -0.05) is 43.5 Å². The lowest BCUT2D eigenvalue weighted by molar-refractivity contribution is -0.140. The zero-order valence-corrected chi connectivity index (χ0v) is 14.5. The van der Waals surface area contributed by atoms with E-state index in [9.17, 15) is 9.59 Å². The van der Waals surface area contributed by atoms with Gasteiger partial charge in [0.2, 0.25) is 0 Å². The number of hydrogen-bond acceptors (Lipinski definition) is 4. The van der Waals surface area contributed by atoms with E-state index in [2.05, 4.69) is 16.9 Å². The van der Waals surface area contributed by atoms with Gasteiger partial charge in [0.05, 0.1) is 13.7 Å². The van der Waals surface area contributed by atoms with Crippen molar-refractivity contribution in [3.63, 3.8) is 0 Å². The minimum Gasteiger partial charge on any atom is -0.469 e. The molecule has 1 aromatic carbocycles. The predicted octanol–water partition coefficient (Wildman–Crippen LogP) is 3.76. The van der Waals surface area contributed by atoms with Crippen molar-refractivity contribution in [2.24, 2.45) is 5.92 Å². The van der Waals surface area contributed by atoms with Crippen LogP contribution in [0.15, 0.2) is 24.3 Å². The fourth-order valence-corrected chi connectivity index (χ4v) is 3.63. The third kappa shape index (κ3) is 5.17. The molecule has 1 aliphatic rings. The quantitative estimate of drug-likeness (QED) is 0.552. The van der Waals surface area contributed by atoms with Gasteiger partial charge in [-0.25, -0.2) is 0 Å². The molecular formula is C20H28O4. The molecule has 24 heavy (non-hydrogen) atoms. The van der Waals surface area contributed by atoms with E-state index in [1.54, 1.807) is 0 Å². The molecule has 0 aliphatic heterocycles. The van der Waals surface area contributed by atoms with Gasteiger partial charge in [0.15, 0.2) is 0 Å². The average Bonchev–Trinajstić information content (AvgIpc) is 2.98. The van der Waals surface area contributed by atoms with Gasteiger partial charge >= 0.3 is 5.97 Å². The van der Waals surface area contributed by atoms with Crippen molar-refractivity contribution < 1.29 is 19.4 Å². The molecule has 2 atom stereocenters. The first-order valence-electron chi connectivity index (χ1n) is 8.95. The molecule has 1 fully saturated rings. The zero-order chi connectivity index (χ0) is 17.4. The van der Waals surface area contributed by atoms with Gasteiger partial charge in [-0.15, -0.1) is 0 Å². The maximum absolute atomic E-state index is 12.2. The summed E-state index contributed by atoms with van der Waals surface area (Å²) in [7, 11) is 1.42. The van der Waals surface area contributed by atoms with E-state index >= 15 is 0 Å². The van der Waals surface area contributed by atoms with Crippen molar-refractivity contribution in [1.82, 2.24) is 0 Å². The second-order valence-electron chi connectivity index (χ2n) is 6.65. The summed E-state index contributed by atoms with van der Waals surface area (Å²) in [6, 6.07) is 8.00. The fourth-order valence-electron chi connectivity index (χ4n) is 3.63. The number of benzene rings is 1. The van der Waals surface area contributed by atoms with E-state index in [-0.39, 0.29) is 18.5 Å². The Balaban J connectivity index is 1.79. The van der Waals surface area contributed by atoms with Crippen LogP contribution in [-0.2, 0) is 20.9 Å². The number of unbranched alkanes of at least 4 members (excludes halogenated alkanes) is 3. The summed E-state index contributed by atoms with van der Waals surface area (Å²) in [4.78, 5) is 23.3. The SMILES string of the molecule is COC(=O)CCCCCC[C@H]1C(=O)CC[C@@H]1c1ccc(CO)cc1. The van der Waals surface area contributed by atoms with Crippen molar-refractivity contribution in [3.8, 4) is 0 Å². The second kappa shape index (κ2) is 9.58. The Labute approximate surface area is 144 Å². The molecule has 0 saturated heterocycles. The topological polar surface area (TPSA) is 63.6 Å². The van der Waals surface area contributed by atoms with Crippen LogP contribution in [0.2, 0.25) is 0 Å². The average molecular weight is 332 g/mol. The minimum atomic E-state index is -0.146. The molecule has 1 aliphatic carbocycles. The van der Waals surface area contributed by atoms with Crippen molar-refractivity contribution in [3.05, 3.63) is 35.4 Å². The highest BCUT2D eigenvalue weighted by Gasteiger charge is 2.34. The van der Waals surface area contributed by atoms with Gasteiger partial charge in [-0.3, -0.25) is 9.59 Å². The first-order valence-corrected chi connectivity index (χ1v) is 8.95. The largest absolute Gasteiger partial charge is 0.469 e. The molecule has 0 heterocycles. The third-order valence-corrected chi connectivity index (χ3v) is 5.07. The Morgan fingerprint density at radius 1 is 1.17 bits per heavy atom. The first kappa shape index (κ1) is 18.7. The smallest absolute Gasteiger partial charge is 0.305 e. The summed E-state index contributed by atoms with van der Waals surface area (Å²) in [5.74, 6) is 0.694. The van der Waals surface area contributed by atoms with E-state index in [1.165, 1.54) is 12.7 Å². The number of rotatable bonds is 9. The number of aliphatic hydroxyl groups is 1. The molecule has 0 aromatic heterocycles. The number of carbonyl (C=O) groups is 2. The molecule has 0 bridgehead atoms. The number of aliphatic hydroxyl groups excluding tert-OH is 1. The summed E-state index contributed by atoms with van der Waals surface area (Å²) in [5, 5.41) is 9.14. The van der Waals surface area contributed by atoms with Gasteiger partial charge < -0.3 is 9.84 Å². The van der Waals surface area contributed by atoms with Crippen LogP contribution >= 0.6 is 0 Å². The second-order valence-corrected chi connectivity index (χ2v) is 6.65. The number of hydrogen-bond donors (Lipinski definition) is 1. The van der Waals surface area contributed by atoms with Crippen LogP contribution in [0.4, 0.5) is 0 Å². The van der Waals surface area contributed by atoms with E-state index in [0.717, 1.165) is 44.1 Å². The number of carbonyl (C=O) groups excluding carboxylic acids is 2. The third-order valence-electron chi connectivity index (χ3n) is 5.07. The van der Waals surface area contributed by atoms with Crippen LogP contribution in [0.1, 0.15) is 68.4 Å². The molecular weight excluding hydrogens is 304 g/mol. The summed E-state index contributed by atoms with van der Waals surface area (Å²) in [6.07, 6.45) is 6.98. The van der Waals surface area contributed by atoms with E-state index in [1.807, 2.05) is 12.1 Å². The Hall–Kier alpha value is -1.68. The van der Waals surface area contributed by atoms with Crippen molar-refractivity contribution in [2.75, 3.05) is 7.11 Å². The number of ketones is 1. The maximum Gasteiger partial charge on any atom is 0.305 e. The molecule has 4 heteroatoms. The number of ether oxygens (including phenoxy) is 1. The number of esters is 1. The molecule has 2 rings (SSSR count). The lowest BCUT2D eigenvalue weighted by atomic mass is 9.84. The van der Waals surface area contributed by atoms with Crippen molar-refractivity contribution in [1.29, 1.82) is 0 Å². The van der Waals surface area contributed by atoms with Crippen LogP contribution in [0.25, 0.3) is 0 Å². The summed E-state index contributed by atoms with van der Waals surface area (Å²) in [6.45, 7) is 0.0544. The Bertz CT molecular complexity index is 535. The number of Topliss-reactive ketones (excluding diaryl/α,β-unsaturated/α-hetero) is 1. The van der Waals surface area contributed by atoms with Crippen molar-refractivity contribution >= 4 is 11.8 Å². The summed E-state index contributed by atoms with van der Waals surface area (Å²) in [5.41, 5.74) is 2.12. The van der Waals surface area contributed by atoms with Crippen LogP contribution in [0.5, 0.6) is 0 Å². The van der Waals surface area contributed by atoms with E-state index in [0.29, 0.717) is 24.5 Å². The Morgan fingerprint density at radius 3 is 2.54 bits per heavy atom. The van der Waals surface area contributed by atoms with E-state index in [4.69, 9.17) is 5.11 Å².